The van der Waals surface area contributed by atoms with E-state index in [4.69, 9.17) is 10.7 Å². The second-order valence-corrected chi connectivity index (χ2v) is 7.42. The molecule has 0 spiro atoms. The summed E-state index contributed by atoms with van der Waals surface area (Å²) in [5.41, 5.74) is 10.6. The monoisotopic (exact) mass is 281 g/mol. The maximum Gasteiger partial charge on any atom is 0.128 e. The topological polar surface area (TPSA) is 54.7 Å². The van der Waals surface area contributed by atoms with Gasteiger partial charge in [-0.3, -0.25) is 0 Å². The van der Waals surface area contributed by atoms with Crippen molar-refractivity contribution in [1.82, 2.24) is 9.97 Å². The highest BCUT2D eigenvalue weighted by molar-refractivity contribution is 5.43. The highest BCUT2D eigenvalue weighted by Crippen LogP contribution is 2.67. The molecule has 0 radical (unpaired) electrons. The Morgan fingerprint density at radius 2 is 1.95 bits per heavy atom. The molecular formula is C18H23N3. The Bertz CT molecular complexity index is 686. The van der Waals surface area contributed by atoms with Crippen molar-refractivity contribution in [1.29, 1.82) is 0 Å². The molecule has 2 aromatic rings. The third-order valence-electron chi connectivity index (χ3n) is 6.30. The van der Waals surface area contributed by atoms with Crippen molar-refractivity contribution in [3.8, 4) is 0 Å². The largest absolute Gasteiger partial charge is 0.344 e. The first kappa shape index (κ1) is 13.1. The van der Waals surface area contributed by atoms with Crippen LogP contribution in [0.15, 0.2) is 30.3 Å². The van der Waals surface area contributed by atoms with Crippen LogP contribution in [0.4, 0.5) is 0 Å². The second kappa shape index (κ2) is 3.98. The molecule has 1 aromatic heterocycles. The van der Waals surface area contributed by atoms with Crippen molar-refractivity contribution in [2.24, 2.45) is 11.1 Å². The molecule has 3 atom stereocenters. The van der Waals surface area contributed by atoms with Gasteiger partial charge in [0.2, 0.25) is 0 Å². The molecule has 1 aromatic carbocycles. The zero-order chi connectivity index (χ0) is 14.8. The van der Waals surface area contributed by atoms with Gasteiger partial charge in [-0.15, -0.1) is 0 Å². The standard InChI is InChI=1S/C18H23N3/c1-17(2)12-9-10-18(17,3)15-14(12)20-16(21-15)13(19)11-7-5-4-6-8-11/h4-8,12-13H,9-10,19H2,1-3H3,(H,20,21)/t12?,13-,18?/m1/s1. The minimum Gasteiger partial charge on any atom is -0.344 e. The van der Waals surface area contributed by atoms with E-state index in [-0.39, 0.29) is 11.5 Å². The van der Waals surface area contributed by atoms with Crippen LogP contribution in [-0.2, 0) is 5.41 Å². The van der Waals surface area contributed by atoms with Crippen molar-refractivity contribution in [2.75, 3.05) is 0 Å². The summed E-state index contributed by atoms with van der Waals surface area (Å²) < 4.78 is 0. The number of hydrogen-bond donors (Lipinski definition) is 2. The van der Waals surface area contributed by atoms with E-state index < -0.39 is 0 Å². The summed E-state index contributed by atoms with van der Waals surface area (Å²) in [7, 11) is 0. The molecule has 0 aliphatic heterocycles. The molecule has 21 heavy (non-hydrogen) atoms. The molecule has 2 bridgehead atoms. The van der Waals surface area contributed by atoms with Gasteiger partial charge < -0.3 is 10.7 Å². The predicted molar refractivity (Wildman–Crippen MR) is 84.2 cm³/mol. The third-order valence-corrected chi connectivity index (χ3v) is 6.30. The number of rotatable bonds is 2. The molecule has 1 heterocycles. The molecular weight excluding hydrogens is 258 g/mol. The Balaban J connectivity index is 1.77. The maximum absolute atomic E-state index is 6.41. The maximum atomic E-state index is 6.41. The van der Waals surface area contributed by atoms with Gasteiger partial charge in [-0.1, -0.05) is 51.1 Å². The number of imidazole rings is 1. The number of benzene rings is 1. The molecule has 2 aliphatic carbocycles. The van der Waals surface area contributed by atoms with Crippen LogP contribution in [0.2, 0.25) is 0 Å². The van der Waals surface area contributed by atoms with Crippen LogP contribution >= 0.6 is 0 Å². The zero-order valence-corrected chi connectivity index (χ0v) is 13.0. The van der Waals surface area contributed by atoms with E-state index in [1.165, 1.54) is 24.2 Å². The third kappa shape index (κ3) is 1.50. The summed E-state index contributed by atoms with van der Waals surface area (Å²) in [4.78, 5) is 8.50. The Labute approximate surface area is 126 Å². The summed E-state index contributed by atoms with van der Waals surface area (Å²) in [6.07, 6.45) is 2.50. The van der Waals surface area contributed by atoms with Crippen LogP contribution in [0.25, 0.3) is 0 Å². The highest BCUT2D eigenvalue weighted by atomic mass is 15.0. The van der Waals surface area contributed by atoms with Crippen LogP contribution < -0.4 is 5.73 Å². The van der Waals surface area contributed by atoms with Gasteiger partial charge in [0.25, 0.3) is 0 Å². The lowest BCUT2D eigenvalue weighted by Crippen LogP contribution is -2.32. The predicted octanol–water partition coefficient (Wildman–Crippen LogP) is 3.63. The number of hydrogen-bond acceptors (Lipinski definition) is 2. The summed E-state index contributed by atoms with van der Waals surface area (Å²) >= 11 is 0. The van der Waals surface area contributed by atoms with Gasteiger partial charge in [-0.25, -0.2) is 4.98 Å². The van der Waals surface area contributed by atoms with Crippen LogP contribution in [0, 0.1) is 5.41 Å². The summed E-state index contributed by atoms with van der Waals surface area (Å²) in [6.45, 7) is 7.14. The first-order chi connectivity index (χ1) is 9.95. The van der Waals surface area contributed by atoms with Crippen molar-refractivity contribution in [3.05, 3.63) is 53.1 Å². The van der Waals surface area contributed by atoms with E-state index in [2.05, 4.69) is 37.9 Å². The van der Waals surface area contributed by atoms with E-state index in [1.807, 2.05) is 18.2 Å². The molecule has 2 aliphatic rings. The summed E-state index contributed by atoms with van der Waals surface area (Å²) in [5, 5.41) is 0. The van der Waals surface area contributed by atoms with Crippen molar-refractivity contribution < 1.29 is 0 Å². The van der Waals surface area contributed by atoms with Crippen molar-refractivity contribution in [3.63, 3.8) is 0 Å². The molecule has 1 fully saturated rings. The fraction of sp³-hybridized carbons (Fsp3) is 0.500. The van der Waals surface area contributed by atoms with Gasteiger partial charge in [0, 0.05) is 17.0 Å². The fourth-order valence-electron chi connectivity index (χ4n) is 4.47. The minimum atomic E-state index is -0.164. The lowest BCUT2D eigenvalue weighted by atomic mass is 9.70. The number of nitrogens with one attached hydrogen (secondary N) is 1. The average Bonchev–Trinajstić information content (AvgIpc) is 3.05. The van der Waals surface area contributed by atoms with Gasteiger partial charge in [0.05, 0.1) is 11.7 Å². The van der Waals surface area contributed by atoms with Crippen LogP contribution in [0.3, 0.4) is 0 Å². The number of nitrogens with two attached hydrogens (primary N) is 1. The van der Waals surface area contributed by atoms with Crippen LogP contribution in [0.5, 0.6) is 0 Å². The molecule has 2 unspecified atom stereocenters. The Hall–Kier alpha value is -1.61. The van der Waals surface area contributed by atoms with Gasteiger partial charge in [0.15, 0.2) is 0 Å². The van der Waals surface area contributed by atoms with E-state index in [0.717, 1.165) is 11.4 Å². The average molecular weight is 281 g/mol. The second-order valence-electron chi connectivity index (χ2n) is 7.42. The Kier molecular flexibility index (Phi) is 2.48. The molecule has 3 heteroatoms. The number of fused-ring (bicyclic) bond motifs is 5. The molecule has 0 saturated heterocycles. The van der Waals surface area contributed by atoms with Gasteiger partial charge >= 0.3 is 0 Å². The summed E-state index contributed by atoms with van der Waals surface area (Å²) in [5.74, 6) is 1.52. The smallest absolute Gasteiger partial charge is 0.128 e. The molecule has 3 N–H and O–H groups in total. The first-order valence-electron chi connectivity index (χ1n) is 7.86. The normalized spacial score (nSPS) is 30.4. The zero-order valence-electron chi connectivity index (χ0n) is 13.0. The molecule has 1 saturated carbocycles. The molecule has 4 rings (SSSR count). The van der Waals surface area contributed by atoms with Crippen molar-refractivity contribution >= 4 is 0 Å². The minimum absolute atomic E-state index is 0.164. The number of nitrogens with zero attached hydrogens (tertiary/aromatic N) is 1. The van der Waals surface area contributed by atoms with Gasteiger partial charge in [0.1, 0.15) is 5.82 Å². The first-order valence-corrected chi connectivity index (χ1v) is 7.86. The van der Waals surface area contributed by atoms with E-state index in [9.17, 15) is 0 Å². The highest BCUT2D eigenvalue weighted by Gasteiger charge is 2.61. The number of H-pyrrole nitrogens is 1. The SMILES string of the molecule is CC12CCC(c3[nH]c([C@H](N)c4ccccc4)nc31)C2(C)C. The lowest BCUT2D eigenvalue weighted by molar-refractivity contribution is 0.225. The van der Waals surface area contributed by atoms with E-state index in [0.29, 0.717) is 11.3 Å². The Morgan fingerprint density at radius 3 is 2.62 bits per heavy atom. The molecule has 3 nitrogen and oxygen atoms in total. The van der Waals surface area contributed by atoms with Gasteiger partial charge in [-0.2, -0.15) is 0 Å². The van der Waals surface area contributed by atoms with Crippen molar-refractivity contribution in [2.45, 2.75) is 51.0 Å². The molecule has 110 valence electrons. The molecule has 0 amide bonds. The van der Waals surface area contributed by atoms with Crippen LogP contribution in [0.1, 0.15) is 68.3 Å². The van der Waals surface area contributed by atoms with Crippen LogP contribution in [-0.4, -0.2) is 9.97 Å². The number of aromatic amines is 1. The van der Waals surface area contributed by atoms with E-state index in [1.54, 1.807) is 0 Å². The fourth-order valence-corrected chi connectivity index (χ4v) is 4.47. The van der Waals surface area contributed by atoms with E-state index >= 15 is 0 Å². The quantitative estimate of drug-likeness (QED) is 0.883. The Morgan fingerprint density at radius 1 is 1.24 bits per heavy atom. The summed E-state index contributed by atoms with van der Waals surface area (Å²) in [6, 6.07) is 10.0. The van der Waals surface area contributed by atoms with Gasteiger partial charge in [-0.05, 0) is 23.8 Å². The lowest BCUT2D eigenvalue weighted by Gasteiger charge is -2.34. The number of aromatic nitrogens is 2.